The van der Waals surface area contributed by atoms with Crippen LogP contribution in [0.15, 0.2) is 182 Å². The van der Waals surface area contributed by atoms with Crippen LogP contribution in [-0.2, 0) is 6.42 Å². The lowest BCUT2D eigenvalue weighted by Crippen LogP contribution is -1.98. The van der Waals surface area contributed by atoms with Crippen molar-refractivity contribution in [1.82, 2.24) is 24.1 Å². The number of aromatic amines is 1. The number of nitrogens with one attached hydrogen (secondary N) is 1. The lowest BCUT2D eigenvalue weighted by Gasteiger charge is -2.11. The maximum Gasteiger partial charge on any atom is 0.147 e. The Balaban J connectivity index is 1.14. The van der Waals surface area contributed by atoms with Crippen LogP contribution in [0.5, 0.6) is 0 Å². The smallest absolute Gasteiger partial charge is 0.147 e. The van der Waals surface area contributed by atoms with E-state index in [1.807, 2.05) is 12.3 Å². The molecular weight excluding hydrogens is 659 g/mol. The highest BCUT2D eigenvalue weighted by Crippen LogP contribution is 2.40. The Kier molecular flexibility index (Phi) is 6.85. The molecule has 5 nitrogen and oxygen atoms in total. The first kappa shape index (κ1) is 30.4. The van der Waals surface area contributed by atoms with E-state index in [-0.39, 0.29) is 0 Å². The molecule has 7 aromatic carbocycles. The van der Waals surface area contributed by atoms with Gasteiger partial charge in [-0.05, 0) is 77.7 Å². The first-order chi connectivity index (χ1) is 26.8. The van der Waals surface area contributed by atoms with E-state index in [9.17, 15) is 0 Å². The summed E-state index contributed by atoms with van der Waals surface area (Å²) in [7, 11) is 0. The molecule has 5 heteroatoms. The predicted octanol–water partition coefficient (Wildman–Crippen LogP) is 12.1. The van der Waals surface area contributed by atoms with E-state index in [1.165, 1.54) is 32.7 Å². The van der Waals surface area contributed by atoms with Crippen LogP contribution in [-0.4, -0.2) is 24.1 Å². The van der Waals surface area contributed by atoms with Crippen molar-refractivity contribution < 1.29 is 0 Å². The molecule has 54 heavy (non-hydrogen) atoms. The molecule has 0 aliphatic carbocycles. The van der Waals surface area contributed by atoms with Crippen molar-refractivity contribution in [2.75, 3.05) is 0 Å². The number of H-pyrrole nitrogens is 1. The highest BCUT2D eigenvalue weighted by Gasteiger charge is 2.21. The Morgan fingerprint density at radius 3 is 2.06 bits per heavy atom. The molecule has 4 heterocycles. The van der Waals surface area contributed by atoms with Crippen LogP contribution in [0.1, 0.15) is 11.1 Å². The van der Waals surface area contributed by atoms with Crippen molar-refractivity contribution in [2.45, 2.75) is 6.42 Å². The zero-order chi connectivity index (χ0) is 35.6. The van der Waals surface area contributed by atoms with Crippen molar-refractivity contribution in [3.63, 3.8) is 0 Å². The van der Waals surface area contributed by atoms with Gasteiger partial charge in [0.15, 0.2) is 0 Å². The number of benzene rings is 7. The fourth-order valence-corrected chi connectivity index (χ4v) is 8.32. The van der Waals surface area contributed by atoms with E-state index in [2.05, 4.69) is 184 Å². The van der Waals surface area contributed by atoms with Gasteiger partial charge in [0.25, 0.3) is 0 Å². The van der Waals surface area contributed by atoms with Gasteiger partial charge in [0, 0.05) is 50.1 Å². The lowest BCUT2D eigenvalue weighted by atomic mass is 10.0. The molecule has 254 valence electrons. The Bertz CT molecular complexity index is 3170. The molecule has 0 saturated heterocycles. The summed E-state index contributed by atoms with van der Waals surface area (Å²) >= 11 is 0. The van der Waals surface area contributed by atoms with Crippen molar-refractivity contribution in [3.05, 3.63) is 193 Å². The van der Waals surface area contributed by atoms with Gasteiger partial charge in [-0.15, -0.1) is 0 Å². The number of para-hydroxylation sites is 4. The van der Waals surface area contributed by atoms with Crippen LogP contribution < -0.4 is 0 Å². The van der Waals surface area contributed by atoms with Crippen LogP contribution in [0, 0.1) is 0 Å². The second-order valence-corrected chi connectivity index (χ2v) is 13.9. The monoisotopic (exact) mass is 691 g/mol. The molecule has 0 fully saturated rings. The summed E-state index contributed by atoms with van der Waals surface area (Å²) < 4.78 is 4.62. The van der Waals surface area contributed by atoms with Gasteiger partial charge in [-0.1, -0.05) is 121 Å². The van der Waals surface area contributed by atoms with Crippen molar-refractivity contribution in [2.24, 2.45) is 0 Å². The van der Waals surface area contributed by atoms with Gasteiger partial charge in [-0.3, -0.25) is 9.13 Å². The number of nitrogens with zero attached hydrogens (tertiary/aromatic N) is 4. The minimum atomic E-state index is 0.867. The number of hydrogen-bond acceptors (Lipinski definition) is 2. The van der Waals surface area contributed by atoms with E-state index in [4.69, 9.17) is 9.97 Å². The fourth-order valence-electron chi connectivity index (χ4n) is 8.32. The number of fused-ring (bicyclic) bond motifs is 7. The summed E-state index contributed by atoms with van der Waals surface area (Å²) in [6.45, 7) is 0. The summed E-state index contributed by atoms with van der Waals surface area (Å²) in [6.07, 6.45) is 2.74. The normalized spacial score (nSPS) is 11.8. The van der Waals surface area contributed by atoms with E-state index in [0.717, 1.165) is 73.5 Å². The number of imidazole rings is 1. The van der Waals surface area contributed by atoms with Gasteiger partial charge >= 0.3 is 0 Å². The Labute approximate surface area is 311 Å². The van der Waals surface area contributed by atoms with Crippen LogP contribution >= 0.6 is 0 Å². The van der Waals surface area contributed by atoms with E-state index >= 15 is 0 Å². The quantitative estimate of drug-likeness (QED) is 0.189. The average molecular weight is 692 g/mol. The molecule has 0 aliphatic heterocycles. The van der Waals surface area contributed by atoms with Gasteiger partial charge in [0.2, 0.25) is 0 Å². The molecule has 0 saturated carbocycles. The largest absolute Gasteiger partial charge is 0.354 e. The first-order valence-electron chi connectivity index (χ1n) is 18.4. The average Bonchev–Trinajstić information content (AvgIpc) is 3.91. The second-order valence-electron chi connectivity index (χ2n) is 13.9. The number of aromatic nitrogens is 5. The molecule has 11 aromatic rings. The molecule has 4 aromatic heterocycles. The van der Waals surface area contributed by atoms with Crippen molar-refractivity contribution in [1.29, 1.82) is 0 Å². The van der Waals surface area contributed by atoms with E-state index < -0.39 is 0 Å². The Morgan fingerprint density at radius 1 is 0.481 bits per heavy atom. The highest BCUT2D eigenvalue weighted by atomic mass is 15.1. The molecule has 1 N–H and O–H groups in total. The molecule has 0 bridgehead atoms. The third kappa shape index (κ3) is 4.79. The van der Waals surface area contributed by atoms with Crippen molar-refractivity contribution in [3.8, 4) is 34.0 Å². The van der Waals surface area contributed by atoms with Gasteiger partial charge in [0.1, 0.15) is 11.6 Å². The molecule has 0 aliphatic rings. The molecule has 0 radical (unpaired) electrons. The zero-order valence-corrected chi connectivity index (χ0v) is 29.3. The summed E-state index contributed by atoms with van der Waals surface area (Å²) in [6, 6.07) is 62.6. The highest BCUT2D eigenvalue weighted by molar-refractivity contribution is 6.13. The third-order valence-electron chi connectivity index (χ3n) is 10.8. The number of hydrogen-bond donors (Lipinski definition) is 1. The maximum absolute atomic E-state index is 5.53. The molecule has 0 unspecified atom stereocenters. The maximum atomic E-state index is 5.53. The summed E-state index contributed by atoms with van der Waals surface area (Å²) in [5, 5.41) is 4.80. The fraction of sp³-hybridized carbons (Fsp3) is 0.0204. The zero-order valence-electron chi connectivity index (χ0n) is 29.3. The number of pyridine rings is 1. The van der Waals surface area contributed by atoms with Gasteiger partial charge in [-0.25, -0.2) is 9.97 Å². The first-order valence-corrected chi connectivity index (χ1v) is 18.4. The molecule has 0 atom stereocenters. The molecule has 0 amide bonds. The van der Waals surface area contributed by atoms with E-state index in [1.54, 1.807) is 0 Å². The van der Waals surface area contributed by atoms with Gasteiger partial charge < -0.3 is 4.98 Å². The van der Waals surface area contributed by atoms with Gasteiger partial charge in [-0.2, -0.15) is 0 Å². The third-order valence-corrected chi connectivity index (χ3v) is 10.8. The predicted molar refractivity (Wildman–Crippen MR) is 223 cm³/mol. The van der Waals surface area contributed by atoms with E-state index in [0.29, 0.717) is 0 Å². The van der Waals surface area contributed by atoms with Crippen LogP contribution in [0.25, 0.3) is 88.7 Å². The summed E-state index contributed by atoms with van der Waals surface area (Å²) in [5.74, 6) is 1.79. The minimum Gasteiger partial charge on any atom is -0.354 e. The SMILES string of the molecule is c1ccc(Cc2ccc3c4ccc(-c5cccc6c5nc(-c5cccc7c5[nH]c5ccccc57)n6-c5ccccc5)cc4n(-c4ccccn4)c3c2)cc1. The second kappa shape index (κ2) is 12.2. The standard InChI is InChI=1S/C49H33N5/c1-3-13-32(14-4-1)29-33-24-26-38-39-27-25-34(31-45(39)54(44(38)30-33)46-23-9-10-28-50-46)36-18-12-22-43-48(36)52-49(53(43)35-15-5-2-6-16-35)41-20-11-19-40-37-17-7-8-21-42(37)51-47(40)41/h1-28,30-31,51H,29H2. The van der Waals surface area contributed by atoms with Crippen LogP contribution in [0.2, 0.25) is 0 Å². The minimum absolute atomic E-state index is 0.867. The van der Waals surface area contributed by atoms with Crippen LogP contribution in [0.4, 0.5) is 0 Å². The Hall–Kier alpha value is -7.24. The lowest BCUT2D eigenvalue weighted by molar-refractivity contribution is 1.08. The summed E-state index contributed by atoms with van der Waals surface area (Å²) in [4.78, 5) is 14.1. The van der Waals surface area contributed by atoms with Crippen LogP contribution in [0.3, 0.4) is 0 Å². The number of rotatable bonds is 6. The van der Waals surface area contributed by atoms with Crippen molar-refractivity contribution >= 4 is 54.6 Å². The Morgan fingerprint density at radius 2 is 1.20 bits per heavy atom. The molecular formula is C49H33N5. The topological polar surface area (TPSA) is 51.4 Å². The molecule has 0 spiro atoms. The van der Waals surface area contributed by atoms with Gasteiger partial charge in [0.05, 0.1) is 27.6 Å². The summed E-state index contributed by atoms with van der Waals surface area (Å²) in [5.41, 5.74) is 13.3. The molecule has 11 rings (SSSR count).